The molecule has 3 aromatic rings. The van der Waals surface area contributed by atoms with E-state index >= 15 is 0 Å². The van der Waals surface area contributed by atoms with Crippen molar-refractivity contribution >= 4 is 15.7 Å². The average Bonchev–Trinajstić information content (AvgIpc) is 2.76. The number of aromatic nitrogens is 1. The standard InChI is InChI=1S/C21H14F6N2O3S/c22-20(23,24)14-5-3-6-16(10-14)33(31,32)18-7-2-1-4-13(18)11-29-19(30)17-9-8-15(12-28-17)21(25,26)27/h1-10,12H,11H2,(H,29,30). The molecule has 1 heterocycles. The van der Waals surface area contributed by atoms with Crippen molar-refractivity contribution in [2.45, 2.75) is 28.7 Å². The molecule has 0 aliphatic heterocycles. The second kappa shape index (κ2) is 8.85. The highest BCUT2D eigenvalue weighted by atomic mass is 32.2. The fourth-order valence-corrected chi connectivity index (χ4v) is 4.38. The first kappa shape index (κ1) is 24.2. The molecule has 0 aliphatic rings. The minimum atomic E-state index is -4.74. The van der Waals surface area contributed by atoms with Crippen LogP contribution in [0, 0.1) is 0 Å². The van der Waals surface area contributed by atoms with Crippen LogP contribution in [0.15, 0.2) is 76.7 Å². The first-order valence-corrected chi connectivity index (χ1v) is 10.6. The highest BCUT2D eigenvalue weighted by Crippen LogP contribution is 2.32. The number of sulfone groups is 1. The molecule has 0 unspecified atom stereocenters. The number of nitrogens with one attached hydrogen (secondary N) is 1. The lowest BCUT2D eigenvalue weighted by atomic mass is 10.2. The van der Waals surface area contributed by atoms with Gasteiger partial charge in [-0.25, -0.2) is 8.42 Å². The second-order valence-electron chi connectivity index (χ2n) is 6.75. The zero-order valence-corrected chi connectivity index (χ0v) is 17.2. The molecule has 0 aliphatic carbocycles. The van der Waals surface area contributed by atoms with Gasteiger partial charge in [0.15, 0.2) is 0 Å². The van der Waals surface area contributed by atoms with Gasteiger partial charge in [-0.15, -0.1) is 0 Å². The fourth-order valence-electron chi connectivity index (χ4n) is 2.84. The molecule has 0 saturated heterocycles. The SMILES string of the molecule is O=C(NCc1ccccc1S(=O)(=O)c1cccc(C(F)(F)F)c1)c1ccc(C(F)(F)F)cn1. The Labute approximate surface area is 184 Å². The van der Waals surface area contributed by atoms with E-state index in [4.69, 9.17) is 0 Å². The minimum absolute atomic E-state index is 0.0650. The molecular formula is C21H14F6N2O3S. The Morgan fingerprint density at radius 3 is 2.12 bits per heavy atom. The summed E-state index contributed by atoms with van der Waals surface area (Å²) in [5, 5.41) is 2.35. The molecule has 1 N–H and O–H groups in total. The number of rotatable bonds is 5. The number of nitrogens with zero attached hydrogens (tertiary/aromatic N) is 1. The molecule has 33 heavy (non-hydrogen) atoms. The molecule has 3 rings (SSSR count). The average molecular weight is 488 g/mol. The number of amides is 1. The predicted molar refractivity (Wildman–Crippen MR) is 104 cm³/mol. The Balaban J connectivity index is 1.84. The van der Waals surface area contributed by atoms with Gasteiger partial charge in [-0.1, -0.05) is 24.3 Å². The van der Waals surface area contributed by atoms with Gasteiger partial charge in [-0.05, 0) is 42.0 Å². The van der Waals surface area contributed by atoms with Crippen LogP contribution in [0.3, 0.4) is 0 Å². The molecule has 0 fully saturated rings. The summed E-state index contributed by atoms with van der Waals surface area (Å²) in [5.74, 6) is -0.866. The molecule has 12 heteroatoms. The van der Waals surface area contributed by atoms with Crippen molar-refractivity contribution in [3.8, 4) is 0 Å². The van der Waals surface area contributed by atoms with Crippen molar-refractivity contribution in [3.63, 3.8) is 0 Å². The van der Waals surface area contributed by atoms with Crippen molar-refractivity contribution in [2.75, 3.05) is 0 Å². The van der Waals surface area contributed by atoms with Crippen molar-refractivity contribution in [2.24, 2.45) is 0 Å². The number of hydrogen-bond acceptors (Lipinski definition) is 4. The van der Waals surface area contributed by atoms with Crippen molar-refractivity contribution in [3.05, 3.63) is 89.2 Å². The van der Waals surface area contributed by atoms with Gasteiger partial charge in [0.2, 0.25) is 9.84 Å². The Hall–Kier alpha value is -3.41. The number of hydrogen-bond donors (Lipinski definition) is 1. The third-order valence-electron chi connectivity index (χ3n) is 4.50. The van der Waals surface area contributed by atoms with E-state index in [-0.39, 0.29) is 22.7 Å². The topological polar surface area (TPSA) is 76.1 Å². The lowest BCUT2D eigenvalue weighted by Gasteiger charge is -2.13. The van der Waals surface area contributed by atoms with Crippen LogP contribution in [0.4, 0.5) is 26.3 Å². The Morgan fingerprint density at radius 2 is 1.52 bits per heavy atom. The van der Waals surface area contributed by atoms with Gasteiger partial charge < -0.3 is 5.32 Å². The van der Waals surface area contributed by atoms with Gasteiger partial charge in [0.05, 0.1) is 20.9 Å². The molecule has 1 amide bonds. The smallest absolute Gasteiger partial charge is 0.347 e. The van der Waals surface area contributed by atoms with E-state index in [1.54, 1.807) is 0 Å². The predicted octanol–water partition coefficient (Wildman–Crippen LogP) is 4.88. The normalized spacial score (nSPS) is 12.4. The molecule has 0 spiro atoms. The lowest BCUT2D eigenvalue weighted by molar-refractivity contribution is -0.138. The number of halogens is 6. The van der Waals surface area contributed by atoms with E-state index in [1.807, 2.05) is 0 Å². The van der Waals surface area contributed by atoms with Crippen LogP contribution in [0.1, 0.15) is 27.2 Å². The molecule has 174 valence electrons. The molecule has 0 bridgehead atoms. The molecule has 0 saturated carbocycles. The highest BCUT2D eigenvalue weighted by molar-refractivity contribution is 7.91. The summed E-state index contributed by atoms with van der Waals surface area (Å²) < 4.78 is 103. The maximum atomic E-state index is 13.0. The lowest BCUT2D eigenvalue weighted by Crippen LogP contribution is -2.25. The Morgan fingerprint density at radius 1 is 0.848 bits per heavy atom. The first-order valence-electron chi connectivity index (χ1n) is 9.12. The third kappa shape index (κ3) is 5.51. The third-order valence-corrected chi connectivity index (χ3v) is 6.35. The number of carbonyl (C=O) groups excluding carboxylic acids is 1. The quantitative estimate of drug-likeness (QED) is 0.520. The number of alkyl halides is 6. The Kier molecular flexibility index (Phi) is 6.50. The molecule has 5 nitrogen and oxygen atoms in total. The van der Waals surface area contributed by atoms with E-state index in [9.17, 15) is 39.6 Å². The van der Waals surface area contributed by atoms with Crippen LogP contribution >= 0.6 is 0 Å². The van der Waals surface area contributed by atoms with E-state index in [1.165, 1.54) is 24.3 Å². The molecule has 0 atom stereocenters. The molecule has 0 radical (unpaired) electrons. The van der Waals surface area contributed by atoms with Crippen molar-refractivity contribution in [1.82, 2.24) is 10.3 Å². The van der Waals surface area contributed by atoms with E-state index in [0.29, 0.717) is 18.3 Å². The van der Waals surface area contributed by atoms with Crippen LogP contribution in [-0.2, 0) is 28.7 Å². The molecule has 1 aromatic heterocycles. The summed E-state index contributed by atoms with van der Waals surface area (Å²) in [6.07, 6.45) is -8.88. The number of pyridine rings is 1. The maximum absolute atomic E-state index is 13.0. The summed E-state index contributed by atoms with van der Waals surface area (Å²) in [6.45, 7) is -0.365. The fraction of sp³-hybridized carbons (Fsp3) is 0.143. The summed E-state index contributed by atoms with van der Waals surface area (Å²) in [6, 6.07) is 10.1. The van der Waals surface area contributed by atoms with Gasteiger partial charge in [-0.2, -0.15) is 26.3 Å². The van der Waals surface area contributed by atoms with E-state index < -0.39 is 44.1 Å². The van der Waals surface area contributed by atoms with Crippen LogP contribution in [0.25, 0.3) is 0 Å². The van der Waals surface area contributed by atoms with Gasteiger partial charge in [0.1, 0.15) is 5.69 Å². The largest absolute Gasteiger partial charge is 0.417 e. The minimum Gasteiger partial charge on any atom is -0.347 e. The summed E-state index contributed by atoms with van der Waals surface area (Å²) in [7, 11) is -4.38. The maximum Gasteiger partial charge on any atom is 0.417 e. The zero-order chi connectivity index (χ0) is 24.4. The van der Waals surface area contributed by atoms with Crippen LogP contribution in [-0.4, -0.2) is 19.3 Å². The van der Waals surface area contributed by atoms with Crippen LogP contribution < -0.4 is 5.32 Å². The van der Waals surface area contributed by atoms with Crippen LogP contribution in [0.2, 0.25) is 0 Å². The summed E-state index contributed by atoms with van der Waals surface area (Å²) in [5.41, 5.74) is -2.45. The highest BCUT2D eigenvalue weighted by Gasteiger charge is 2.33. The van der Waals surface area contributed by atoms with Crippen LogP contribution in [0.5, 0.6) is 0 Å². The van der Waals surface area contributed by atoms with Crippen molar-refractivity contribution < 1.29 is 39.6 Å². The van der Waals surface area contributed by atoms with E-state index in [0.717, 1.165) is 24.3 Å². The number of carbonyl (C=O) groups is 1. The van der Waals surface area contributed by atoms with Gasteiger partial charge >= 0.3 is 12.4 Å². The summed E-state index contributed by atoms with van der Waals surface area (Å²) >= 11 is 0. The first-order chi connectivity index (χ1) is 15.3. The number of benzene rings is 2. The molecule has 2 aromatic carbocycles. The second-order valence-corrected chi connectivity index (χ2v) is 8.67. The monoisotopic (exact) mass is 488 g/mol. The van der Waals surface area contributed by atoms with Gasteiger partial charge in [-0.3, -0.25) is 9.78 Å². The van der Waals surface area contributed by atoms with Crippen molar-refractivity contribution in [1.29, 1.82) is 0 Å². The summed E-state index contributed by atoms with van der Waals surface area (Å²) in [4.78, 5) is 14.8. The van der Waals surface area contributed by atoms with E-state index in [2.05, 4.69) is 10.3 Å². The zero-order valence-electron chi connectivity index (χ0n) is 16.4. The van der Waals surface area contributed by atoms with Gasteiger partial charge in [0.25, 0.3) is 5.91 Å². The molecular weight excluding hydrogens is 474 g/mol. The van der Waals surface area contributed by atoms with Gasteiger partial charge in [0, 0.05) is 12.7 Å². The Bertz CT molecular complexity index is 1270.